The van der Waals surface area contributed by atoms with Crippen LogP contribution in [0, 0.1) is 5.92 Å². The second-order valence-corrected chi connectivity index (χ2v) is 5.85. The molecule has 0 aliphatic rings. The van der Waals surface area contributed by atoms with Gasteiger partial charge >= 0.3 is 0 Å². The van der Waals surface area contributed by atoms with E-state index in [9.17, 15) is 0 Å². The van der Waals surface area contributed by atoms with Crippen molar-refractivity contribution in [2.24, 2.45) is 5.92 Å². The minimum absolute atomic E-state index is 0.325. The van der Waals surface area contributed by atoms with Crippen LogP contribution in [0.2, 0.25) is 0 Å². The molecule has 0 aliphatic heterocycles. The van der Waals surface area contributed by atoms with Crippen molar-refractivity contribution < 1.29 is 9.26 Å². The topological polar surface area (TPSA) is 65.1 Å². The van der Waals surface area contributed by atoms with Crippen molar-refractivity contribution in [1.82, 2.24) is 20.3 Å². The predicted molar refractivity (Wildman–Crippen MR) is 80.0 cm³/mol. The van der Waals surface area contributed by atoms with E-state index in [0.717, 1.165) is 18.0 Å². The Kier molecular flexibility index (Phi) is 5.38. The summed E-state index contributed by atoms with van der Waals surface area (Å²) < 4.78 is 12.8. The van der Waals surface area contributed by atoms with Gasteiger partial charge in [0.15, 0.2) is 11.5 Å². The third-order valence-electron chi connectivity index (χ3n) is 2.95. The fourth-order valence-corrected chi connectivity index (χ4v) is 1.83. The number of nitrogens with zero attached hydrogens (tertiary/aromatic N) is 3. The third kappa shape index (κ3) is 4.90. The monoisotopic (exact) mass is 292 g/mol. The Bertz CT molecular complexity index is 545. The first-order chi connectivity index (χ1) is 10.0. The highest BCUT2D eigenvalue weighted by atomic mass is 16.5. The lowest BCUT2D eigenvalue weighted by Gasteiger charge is -2.04. The van der Waals surface area contributed by atoms with E-state index in [1.54, 1.807) is 6.20 Å². The number of hydrogen-bond donors (Lipinski definition) is 1. The van der Waals surface area contributed by atoms with Gasteiger partial charge in [-0.25, -0.2) is 0 Å². The summed E-state index contributed by atoms with van der Waals surface area (Å²) >= 11 is 0. The number of nitrogens with one attached hydrogen (secondary N) is 1. The van der Waals surface area contributed by atoms with Crippen LogP contribution in [0.1, 0.15) is 45.2 Å². The zero-order chi connectivity index (χ0) is 15.2. The van der Waals surface area contributed by atoms with Crippen molar-refractivity contribution in [2.45, 2.75) is 46.9 Å². The van der Waals surface area contributed by atoms with E-state index in [4.69, 9.17) is 9.26 Å². The molecule has 116 valence electrons. The summed E-state index contributed by atoms with van der Waals surface area (Å²) in [4.78, 5) is 0. The standard InChI is InChI=1S/C15H24N4O2/c1-11(2)6-16-7-13-5-14(21-18-13)10-20-15-8-17-19(9-15)12(3)4/h5,8-9,11-12,16H,6-7,10H2,1-4H3. The Hall–Kier alpha value is -1.82. The molecule has 0 saturated carbocycles. The average Bonchev–Trinajstić information content (AvgIpc) is 3.04. The number of rotatable bonds is 8. The van der Waals surface area contributed by atoms with Crippen LogP contribution in [0.15, 0.2) is 23.0 Å². The fraction of sp³-hybridized carbons (Fsp3) is 0.600. The molecule has 0 aliphatic carbocycles. The molecule has 0 spiro atoms. The van der Waals surface area contributed by atoms with Gasteiger partial charge in [0.1, 0.15) is 6.61 Å². The maximum atomic E-state index is 5.64. The van der Waals surface area contributed by atoms with Gasteiger partial charge in [0.2, 0.25) is 0 Å². The summed E-state index contributed by atoms with van der Waals surface area (Å²) in [5.74, 6) is 2.07. The quantitative estimate of drug-likeness (QED) is 0.810. The van der Waals surface area contributed by atoms with Crippen LogP contribution in [-0.2, 0) is 13.2 Å². The highest BCUT2D eigenvalue weighted by Gasteiger charge is 2.07. The largest absolute Gasteiger partial charge is 0.482 e. The van der Waals surface area contributed by atoms with Crippen molar-refractivity contribution in [3.63, 3.8) is 0 Å². The molecule has 2 aromatic rings. The smallest absolute Gasteiger partial charge is 0.174 e. The molecule has 0 radical (unpaired) electrons. The molecule has 0 aromatic carbocycles. The van der Waals surface area contributed by atoms with Crippen molar-refractivity contribution in [3.05, 3.63) is 29.9 Å². The first kappa shape index (κ1) is 15.6. The van der Waals surface area contributed by atoms with Crippen LogP contribution >= 0.6 is 0 Å². The zero-order valence-corrected chi connectivity index (χ0v) is 13.2. The van der Waals surface area contributed by atoms with Gasteiger partial charge in [0, 0.05) is 18.7 Å². The molecule has 0 amide bonds. The van der Waals surface area contributed by atoms with E-state index >= 15 is 0 Å². The highest BCUT2D eigenvalue weighted by molar-refractivity contribution is 5.13. The predicted octanol–water partition coefficient (Wildman–Crippen LogP) is 2.78. The molecule has 0 fully saturated rings. The lowest BCUT2D eigenvalue weighted by molar-refractivity contribution is 0.248. The summed E-state index contributed by atoms with van der Waals surface area (Å²) in [6.45, 7) is 10.5. The van der Waals surface area contributed by atoms with Gasteiger partial charge in [-0.3, -0.25) is 4.68 Å². The minimum Gasteiger partial charge on any atom is -0.482 e. The normalized spacial score (nSPS) is 11.5. The molecule has 0 atom stereocenters. The van der Waals surface area contributed by atoms with Gasteiger partial charge in [0.05, 0.1) is 18.1 Å². The van der Waals surface area contributed by atoms with Gasteiger partial charge in [-0.2, -0.15) is 5.10 Å². The van der Waals surface area contributed by atoms with Crippen LogP contribution < -0.4 is 10.1 Å². The molecule has 2 rings (SSSR count). The third-order valence-corrected chi connectivity index (χ3v) is 2.95. The maximum absolute atomic E-state index is 5.64. The van der Waals surface area contributed by atoms with Crippen molar-refractivity contribution in [1.29, 1.82) is 0 Å². The Morgan fingerprint density at radius 1 is 1.33 bits per heavy atom. The van der Waals surface area contributed by atoms with Crippen LogP contribution in [0.4, 0.5) is 0 Å². The van der Waals surface area contributed by atoms with E-state index in [1.165, 1.54) is 0 Å². The first-order valence-corrected chi connectivity index (χ1v) is 7.36. The molecule has 0 unspecified atom stereocenters. The highest BCUT2D eigenvalue weighted by Crippen LogP contribution is 2.14. The fourth-order valence-electron chi connectivity index (χ4n) is 1.83. The second-order valence-electron chi connectivity index (χ2n) is 5.85. The van der Waals surface area contributed by atoms with Gasteiger partial charge in [-0.15, -0.1) is 0 Å². The summed E-state index contributed by atoms with van der Waals surface area (Å²) in [7, 11) is 0. The summed E-state index contributed by atoms with van der Waals surface area (Å²) in [5.41, 5.74) is 0.895. The summed E-state index contributed by atoms with van der Waals surface area (Å²) in [5, 5.41) is 11.6. The molecular formula is C15H24N4O2. The summed E-state index contributed by atoms with van der Waals surface area (Å²) in [6.07, 6.45) is 3.59. The minimum atomic E-state index is 0.325. The van der Waals surface area contributed by atoms with Gasteiger partial charge in [-0.1, -0.05) is 19.0 Å². The number of hydrogen-bond acceptors (Lipinski definition) is 5. The van der Waals surface area contributed by atoms with Crippen molar-refractivity contribution >= 4 is 0 Å². The summed E-state index contributed by atoms with van der Waals surface area (Å²) in [6, 6.07) is 2.24. The second kappa shape index (κ2) is 7.26. The molecule has 1 N–H and O–H groups in total. The van der Waals surface area contributed by atoms with Crippen LogP contribution in [-0.4, -0.2) is 21.5 Å². The molecule has 0 bridgehead atoms. The van der Waals surface area contributed by atoms with E-state index in [1.807, 2.05) is 16.9 Å². The van der Waals surface area contributed by atoms with E-state index < -0.39 is 0 Å². The lowest BCUT2D eigenvalue weighted by atomic mass is 10.2. The van der Waals surface area contributed by atoms with E-state index in [-0.39, 0.29) is 0 Å². The van der Waals surface area contributed by atoms with Crippen LogP contribution in [0.3, 0.4) is 0 Å². The maximum Gasteiger partial charge on any atom is 0.174 e. The van der Waals surface area contributed by atoms with Gasteiger partial charge < -0.3 is 14.6 Å². The SMILES string of the molecule is CC(C)CNCc1cc(COc2cnn(C(C)C)c2)on1. The lowest BCUT2D eigenvalue weighted by Crippen LogP contribution is -2.19. The van der Waals surface area contributed by atoms with Crippen LogP contribution in [0.25, 0.3) is 0 Å². The van der Waals surface area contributed by atoms with Crippen LogP contribution in [0.5, 0.6) is 5.75 Å². The Morgan fingerprint density at radius 2 is 2.14 bits per heavy atom. The molecule has 6 heteroatoms. The Morgan fingerprint density at radius 3 is 2.81 bits per heavy atom. The molecule has 2 heterocycles. The van der Waals surface area contributed by atoms with Crippen molar-refractivity contribution in [3.8, 4) is 5.75 Å². The van der Waals surface area contributed by atoms with E-state index in [0.29, 0.717) is 30.9 Å². The van der Waals surface area contributed by atoms with Crippen molar-refractivity contribution in [2.75, 3.05) is 6.54 Å². The van der Waals surface area contributed by atoms with Gasteiger partial charge in [0.25, 0.3) is 0 Å². The Labute approximate surface area is 125 Å². The molecular weight excluding hydrogens is 268 g/mol. The van der Waals surface area contributed by atoms with E-state index in [2.05, 4.69) is 43.3 Å². The zero-order valence-electron chi connectivity index (χ0n) is 13.2. The molecule has 0 saturated heterocycles. The number of aromatic nitrogens is 3. The first-order valence-electron chi connectivity index (χ1n) is 7.36. The molecule has 21 heavy (non-hydrogen) atoms. The molecule has 2 aromatic heterocycles. The average molecular weight is 292 g/mol. The molecule has 6 nitrogen and oxygen atoms in total. The van der Waals surface area contributed by atoms with Gasteiger partial charge in [-0.05, 0) is 26.3 Å². The Balaban J connectivity index is 1.79. The number of ether oxygens (including phenoxy) is 1.